The van der Waals surface area contributed by atoms with Gasteiger partial charge in [-0.25, -0.2) is 4.98 Å². The van der Waals surface area contributed by atoms with E-state index in [4.69, 9.17) is 10.5 Å². The molecule has 1 aromatic heterocycles. The van der Waals surface area contributed by atoms with Gasteiger partial charge in [-0.15, -0.1) is 0 Å². The molecule has 2 saturated heterocycles. The van der Waals surface area contributed by atoms with Crippen LogP contribution in [0.15, 0.2) is 29.1 Å². The predicted molar refractivity (Wildman–Crippen MR) is 101 cm³/mol. The monoisotopic (exact) mass is 371 g/mol. The van der Waals surface area contributed by atoms with E-state index in [1.54, 1.807) is 6.07 Å². The van der Waals surface area contributed by atoms with Crippen molar-refractivity contribution in [3.8, 4) is 0 Å². The Bertz CT molecular complexity index is 883. The van der Waals surface area contributed by atoms with Gasteiger partial charge >= 0.3 is 0 Å². The number of hydrogen-bond acceptors (Lipinski definition) is 6. The molecule has 0 radical (unpaired) electrons. The number of amides is 1. The maximum atomic E-state index is 12.8. The average molecular weight is 371 g/mol. The lowest BCUT2D eigenvalue weighted by molar-refractivity contribution is -0.150. The van der Waals surface area contributed by atoms with Crippen molar-refractivity contribution in [1.82, 2.24) is 19.8 Å². The summed E-state index contributed by atoms with van der Waals surface area (Å²) >= 11 is 0. The normalized spacial score (nSPS) is 23.8. The highest BCUT2D eigenvalue weighted by Gasteiger charge is 2.35. The fourth-order valence-electron chi connectivity index (χ4n) is 3.97. The number of ether oxygens (including phenoxy) is 1. The highest BCUT2D eigenvalue weighted by Crippen LogP contribution is 2.20. The minimum Gasteiger partial charge on any atom is -0.366 e. The Morgan fingerprint density at radius 3 is 3.04 bits per heavy atom. The molecule has 2 aromatic rings. The molecule has 1 amide bonds. The van der Waals surface area contributed by atoms with E-state index in [1.807, 2.05) is 23.1 Å². The van der Waals surface area contributed by atoms with Crippen LogP contribution < -0.4 is 11.3 Å². The number of nitrogens with zero attached hydrogens (tertiary/aromatic N) is 3. The first kappa shape index (κ1) is 18.1. The first-order chi connectivity index (χ1) is 13.2. The van der Waals surface area contributed by atoms with Crippen molar-refractivity contribution in [3.05, 3.63) is 40.4 Å². The van der Waals surface area contributed by atoms with Crippen LogP contribution in [0.4, 0.5) is 0 Å². The molecule has 8 nitrogen and oxygen atoms in total. The van der Waals surface area contributed by atoms with Crippen LogP contribution in [0, 0.1) is 0 Å². The summed E-state index contributed by atoms with van der Waals surface area (Å²) in [5.74, 6) is 0.625. The lowest BCUT2D eigenvalue weighted by Crippen LogP contribution is -2.52. The molecule has 144 valence electrons. The molecule has 1 aromatic carbocycles. The number of H-pyrrole nitrogens is 1. The number of para-hydroxylation sites is 1. The number of likely N-dealkylation sites (tertiary alicyclic amines) is 1. The van der Waals surface area contributed by atoms with Crippen molar-refractivity contribution in [2.75, 3.05) is 32.8 Å². The smallest absolute Gasteiger partial charge is 0.258 e. The Kier molecular flexibility index (Phi) is 5.20. The largest absolute Gasteiger partial charge is 0.366 e. The molecule has 0 spiro atoms. The fraction of sp³-hybridized carbons (Fsp3) is 0.526. The molecule has 0 unspecified atom stereocenters. The molecular formula is C19H25N5O3. The molecule has 0 aliphatic carbocycles. The van der Waals surface area contributed by atoms with Crippen LogP contribution in [0.2, 0.25) is 0 Å². The van der Waals surface area contributed by atoms with E-state index < -0.39 is 6.10 Å². The van der Waals surface area contributed by atoms with Crippen molar-refractivity contribution in [2.24, 2.45) is 5.73 Å². The number of hydrogen-bond donors (Lipinski definition) is 2. The van der Waals surface area contributed by atoms with Crippen molar-refractivity contribution in [3.63, 3.8) is 0 Å². The van der Waals surface area contributed by atoms with Crippen LogP contribution in [0.25, 0.3) is 10.9 Å². The number of carbonyl (C=O) groups is 1. The number of carbonyl (C=O) groups excluding carboxylic acids is 1. The number of nitrogens with two attached hydrogens (primary N) is 1. The second kappa shape index (κ2) is 7.75. The quantitative estimate of drug-likeness (QED) is 0.788. The Morgan fingerprint density at radius 1 is 1.33 bits per heavy atom. The zero-order chi connectivity index (χ0) is 18.8. The van der Waals surface area contributed by atoms with Gasteiger partial charge in [0.2, 0.25) is 0 Å². The summed E-state index contributed by atoms with van der Waals surface area (Å²) in [4.78, 5) is 36.5. The first-order valence-corrected chi connectivity index (χ1v) is 9.48. The number of aromatic amines is 1. The number of aromatic nitrogens is 2. The minimum atomic E-state index is -0.488. The van der Waals surface area contributed by atoms with Gasteiger partial charge in [-0.2, -0.15) is 0 Å². The maximum Gasteiger partial charge on any atom is 0.258 e. The van der Waals surface area contributed by atoms with Gasteiger partial charge in [0.05, 0.1) is 24.1 Å². The highest BCUT2D eigenvalue weighted by atomic mass is 16.5. The van der Waals surface area contributed by atoms with Gasteiger partial charge in [0.15, 0.2) is 0 Å². The summed E-state index contributed by atoms with van der Waals surface area (Å²) < 4.78 is 5.74. The Labute approximate surface area is 157 Å². The number of fused-ring (bicyclic) bond motifs is 1. The third kappa shape index (κ3) is 3.73. The lowest BCUT2D eigenvalue weighted by atomic mass is 10.2. The summed E-state index contributed by atoms with van der Waals surface area (Å²) in [6.45, 7) is 3.39. The van der Waals surface area contributed by atoms with E-state index in [-0.39, 0.29) is 17.5 Å². The molecule has 2 fully saturated rings. The second-order valence-corrected chi connectivity index (χ2v) is 7.19. The molecular weight excluding hydrogens is 346 g/mol. The summed E-state index contributed by atoms with van der Waals surface area (Å²) in [6, 6.07) is 7.41. The van der Waals surface area contributed by atoms with Gasteiger partial charge in [-0.1, -0.05) is 12.1 Å². The second-order valence-electron chi connectivity index (χ2n) is 7.19. The number of nitrogens with one attached hydrogen (secondary N) is 1. The molecule has 0 saturated carbocycles. The average Bonchev–Trinajstić information content (AvgIpc) is 3.16. The van der Waals surface area contributed by atoms with E-state index in [2.05, 4.69) is 14.9 Å². The number of rotatable bonds is 4. The van der Waals surface area contributed by atoms with E-state index in [0.29, 0.717) is 49.5 Å². The van der Waals surface area contributed by atoms with Gasteiger partial charge < -0.3 is 20.4 Å². The van der Waals surface area contributed by atoms with Crippen LogP contribution in [-0.4, -0.2) is 70.6 Å². The zero-order valence-electron chi connectivity index (χ0n) is 15.3. The van der Waals surface area contributed by atoms with Crippen molar-refractivity contribution in [2.45, 2.75) is 31.5 Å². The summed E-state index contributed by atoms with van der Waals surface area (Å²) in [5, 5.41) is 0.582. The van der Waals surface area contributed by atoms with Crippen LogP contribution in [0.5, 0.6) is 0 Å². The summed E-state index contributed by atoms with van der Waals surface area (Å²) in [7, 11) is 0. The molecule has 2 atom stereocenters. The Hall–Kier alpha value is -2.29. The van der Waals surface area contributed by atoms with Gasteiger partial charge in [-0.3, -0.25) is 14.5 Å². The number of benzene rings is 1. The summed E-state index contributed by atoms with van der Waals surface area (Å²) in [5.41, 5.74) is 6.33. The van der Waals surface area contributed by atoms with Crippen molar-refractivity contribution < 1.29 is 9.53 Å². The van der Waals surface area contributed by atoms with Crippen LogP contribution in [0.3, 0.4) is 0 Å². The third-order valence-electron chi connectivity index (χ3n) is 5.39. The fourth-order valence-corrected chi connectivity index (χ4v) is 3.97. The minimum absolute atomic E-state index is 0.0209. The predicted octanol–water partition coefficient (Wildman–Crippen LogP) is 0.0736. The van der Waals surface area contributed by atoms with E-state index in [1.165, 1.54) is 0 Å². The SMILES string of the molecule is NC[C@@H]1CCCN1C(=O)[C@@H]1CN(Cc2nc3ccccc3c(=O)[nH]2)CCO1. The van der Waals surface area contributed by atoms with Gasteiger partial charge in [-0.05, 0) is 25.0 Å². The zero-order valence-corrected chi connectivity index (χ0v) is 15.3. The van der Waals surface area contributed by atoms with Crippen LogP contribution >= 0.6 is 0 Å². The van der Waals surface area contributed by atoms with Gasteiger partial charge in [0.25, 0.3) is 11.5 Å². The molecule has 2 aliphatic rings. The Morgan fingerprint density at radius 2 is 2.19 bits per heavy atom. The van der Waals surface area contributed by atoms with Crippen molar-refractivity contribution >= 4 is 16.8 Å². The topological polar surface area (TPSA) is 105 Å². The molecule has 0 bridgehead atoms. The number of morpholine rings is 1. The molecule has 4 rings (SSSR count). The van der Waals surface area contributed by atoms with Crippen LogP contribution in [-0.2, 0) is 16.1 Å². The third-order valence-corrected chi connectivity index (χ3v) is 5.39. The molecule has 3 heterocycles. The first-order valence-electron chi connectivity index (χ1n) is 9.48. The van der Waals surface area contributed by atoms with E-state index in [0.717, 1.165) is 19.4 Å². The molecule has 3 N–H and O–H groups in total. The molecule has 2 aliphatic heterocycles. The van der Waals surface area contributed by atoms with Gasteiger partial charge in [0, 0.05) is 32.2 Å². The molecule has 27 heavy (non-hydrogen) atoms. The molecule has 8 heteroatoms. The standard InChI is InChI=1S/C19H25N5O3/c20-10-13-4-3-7-24(13)19(26)16-11-23(8-9-27-16)12-17-21-15-6-2-1-5-14(15)18(25)22-17/h1-2,5-6,13,16H,3-4,7-12,20H2,(H,21,22,25)/t13-,16-/m0/s1. The Balaban J connectivity index is 1.46. The van der Waals surface area contributed by atoms with Gasteiger partial charge in [0.1, 0.15) is 11.9 Å². The highest BCUT2D eigenvalue weighted by molar-refractivity contribution is 5.82. The van der Waals surface area contributed by atoms with E-state index in [9.17, 15) is 9.59 Å². The maximum absolute atomic E-state index is 12.8. The van der Waals surface area contributed by atoms with E-state index >= 15 is 0 Å². The lowest BCUT2D eigenvalue weighted by Gasteiger charge is -2.35. The van der Waals surface area contributed by atoms with Crippen molar-refractivity contribution in [1.29, 1.82) is 0 Å². The summed E-state index contributed by atoms with van der Waals surface area (Å²) in [6.07, 6.45) is 1.46. The van der Waals surface area contributed by atoms with Crippen LogP contribution in [0.1, 0.15) is 18.7 Å².